The van der Waals surface area contributed by atoms with Crippen molar-refractivity contribution in [3.05, 3.63) is 10.1 Å². The summed E-state index contributed by atoms with van der Waals surface area (Å²) in [6, 6.07) is 0. The SMILES string of the molecule is CNC(=O)CCO[N+](=O)[O-]. The molecule has 0 heterocycles. The third-order valence-corrected chi connectivity index (χ3v) is 0.805. The average Bonchev–Trinajstić information content (AvgIpc) is 1.87. The Balaban J connectivity index is 3.20. The number of nitrogens with zero attached hydrogens (tertiary/aromatic N) is 1. The van der Waals surface area contributed by atoms with E-state index in [0.29, 0.717) is 0 Å². The predicted octanol–water partition coefficient (Wildman–Crippen LogP) is -0.669. The summed E-state index contributed by atoms with van der Waals surface area (Å²) in [5, 5.41) is 10.9. The molecule has 0 saturated carbocycles. The number of rotatable bonds is 4. The fourth-order valence-electron chi connectivity index (χ4n) is 0.338. The van der Waals surface area contributed by atoms with Crippen LogP contribution in [0, 0.1) is 10.1 Å². The van der Waals surface area contributed by atoms with Crippen LogP contribution >= 0.6 is 0 Å². The minimum Gasteiger partial charge on any atom is -0.359 e. The van der Waals surface area contributed by atoms with Gasteiger partial charge in [0.25, 0.3) is 5.09 Å². The summed E-state index contributed by atoms with van der Waals surface area (Å²) < 4.78 is 0. The van der Waals surface area contributed by atoms with Crippen molar-refractivity contribution in [1.29, 1.82) is 0 Å². The molecule has 0 aliphatic carbocycles. The van der Waals surface area contributed by atoms with Gasteiger partial charge in [-0.25, -0.2) is 0 Å². The third kappa shape index (κ3) is 4.82. The van der Waals surface area contributed by atoms with E-state index < -0.39 is 5.09 Å². The summed E-state index contributed by atoms with van der Waals surface area (Å²) in [5.74, 6) is -0.276. The van der Waals surface area contributed by atoms with E-state index in [2.05, 4.69) is 10.2 Å². The van der Waals surface area contributed by atoms with Crippen LogP contribution < -0.4 is 5.32 Å². The Labute approximate surface area is 57.3 Å². The van der Waals surface area contributed by atoms with E-state index >= 15 is 0 Å². The fourth-order valence-corrected chi connectivity index (χ4v) is 0.338. The van der Waals surface area contributed by atoms with Crippen molar-refractivity contribution in [2.24, 2.45) is 0 Å². The molecule has 0 aliphatic rings. The first kappa shape index (κ1) is 8.67. The molecule has 1 N–H and O–H groups in total. The first-order valence-corrected chi connectivity index (χ1v) is 2.64. The van der Waals surface area contributed by atoms with Crippen LogP contribution in [0.25, 0.3) is 0 Å². The van der Waals surface area contributed by atoms with Gasteiger partial charge in [-0.2, -0.15) is 0 Å². The lowest BCUT2D eigenvalue weighted by Gasteiger charge is -1.96. The van der Waals surface area contributed by atoms with Crippen LogP contribution in [0.4, 0.5) is 0 Å². The van der Waals surface area contributed by atoms with Gasteiger partial charge in [0, 0.05) is 7.05 Å². The van der Waals surface area contributed by atoms with E-state index in [4.69, 9.17) is 0 Å². The largest absolute Gasteiger partial charge is 0.359 e. The van der Waals surface area contributed by atoms with Gasteiger partial charge in [-0.3, -0.25) is 4.79 Å². The molecule has 0 unspecified atom stereocenters. The lowest BCUT2D eigenvalue weighted by atomic mass is 10.4. The number of nitrogens with one attached hydrogen (secondary N) is 1. The van der Waals surface area contributed by atoms with Gasteiger partial charge in [0.15, 0.2) is 0 Å². The maximum absolute atomic E-state index is 10.4. The quantitative estimate of drug-likeness (QED) is 0.423. The highest BCUT2D eigenvalue weighted by atomic mass is 16.9. The molecular formula is C4H8N2O4. The molecule has 0 saturated heterocycles. The maximum atomic E-state index is 10.4. The molecule has 0 aliphatic heterocycles. The highest BCUT2D eigenvalue weighted by molar-refractivity contribution is 5.75. The highest BCUT2D eigenvalue weighted by Gasteiger charge is 1.99. The predicted molar refractivity (Wildman–Crippen MR) is 31.6 cm³/mol. The minimum absolute atomic E-state index is 0.0114. The monoisotopic (exact) mass is 148 g/mol. The van der Waals surface area contributed by atoms with Crippen LogP contribution in [0.5, 0.6) is 0 Å². The van der Waals surface area contributed by atoms with Crippen LogP contribution in [-0.4, -0.2) is 24.6 Å². The van der Waals surface area contributed by atoms with E-state index in [0.717, 1.165) is 0 Å². The molecule has 0 fully saturated rings. The summed E-state index contributed by atoms with van der Waals surface area (Å²) >= 11 is 0. The van der Waals surface area contributed by atoms with Crippen molar-refractivity contribution in [1.82, 2.24) is 5.32 Å². The molecule has 0 atom stereocenters. The van der Waals surface area contributed by atoms with E-state index in [1.807, 2.05) is 0 Å². The van der Waals surface area contributed by atoms with Crippen molar-refractivity contribution >= 4 is 5.91 Å². The lowest BCUT2D eigenvalue weighted by molar-refractivity contribution is -0.757. The maximum Gasteiger partial charge on any atom is 0.294 e. The Morgan fingerprint density at radius 1 is 1.80 bits per heavy atom. The number of hydrogen-bond acceptors (Lipinski definition) is 4. The average molecular weight is 148 g/mol. The van der Waals surface area contributed by atoms with Gasteiger partial charge in [0.1, 0.15) is 6.61 Å². The number of carbonyl (C=O) groups excluding carboxylic acids is 1. The zero-order valence-corrected chi connectivity index (χ0v) is 5.49. The van der Waals surface area contributed by atoms with Crippen molar-refractivity contribution < 1.29 is 14.7 Å². The van der Waals surface area contributed by atoms with Gasteiger partial charge >= 0.3 is 0 Å². The van der Waals surface area contributed by atoms with Gasteiger partial charge < -0.3 is 10.2 Å². The lowest BCUT2D eigenvalue weighted by Crippen LogP contribution is -2.20. The van der Waals surface area contributed by atoms with Gasteiger partial charge in [-0.1, -0.05) is 0 Å². The summed E-state index contributed by atoms with van der Waals surface area (Å²) in [5.41, 5.74) is 0. The molecule has 0 bridgehead atoms. The van der Waals surface area contributed by atoms with Crippen molar-refractivity contribution in [3.63, 3.8) is 0 Å². The second-order valence-corrected chi connectivity index (χ2v) is 1.48. The smallest absolute Gasteiger partial charge is 0.294 e. The van der Waals surface area contributed by atoms with Gasteiger partial charge in [-0.15, -0.1) is 10.1 Å². The molecule has 0 rings (SSSR count). The van der Waals surface area contributed by atoms with Crippen LogP contribution in [0.2, 0.25) is 0 Å². The molecular weight excluding hydrogens is 140 g/mol. The molecule has 10 heavy (non-hydrogen) atoms. The fraction of sp³-hybridized carbons (Fsp3) is 0.750. The van der Waals surface area contributed by atoms with Gasteiger partial charge in [-0.05, 0) is 0 Å². The van der Waals surface area contributed by atoms with E-state index in [9.17, 15) is 14.9 Å². The van der Waals surface area contributed by atoms with Crippen molar-refractivity contribution in [2.45, 2.75) is 6.42 Å². The molecule has 0 spiro atoms. The zero-order valence-electron chi connectivity index (χ0n) is 5.49. The summed E-state index contributed by atoms with van der Waals surface area (Å²) in [4.78, 5) is 23.8. The van der Waals surface area contributed by atoms with Crippen molar-refractivity contribution in [2.75, 3.05) is 13.7 Å². The van der Waals surface area contributed by atoms with Crippen LogP contribution in [-0.2, 0) is 9.63 Å². The molecule has 6 heteroatoms. The molecule has 58 valence electrons. The number of amides is 1. The Morgan fingerprint density at radius 2 is 2.40 bits per heavy atom. The third-order valence-electron chi connectivity index (χ3n) is 0.805. The summed E-state index contributed by atoms with van der Waals surface area (Å²) in [6.07, 6.45) is 0.0114. The Morgan fingerprint density at radius 3 is 2.80 bits per heavy atom. The molecule has 0 aromatic rings. The topological polar surface area (TPSA) is 81.5 Å². The molecule has 0 aromatic heterocycles. The Bertz CT molecular complexity index is 135. The molecule has 0 aromatic carbocycles. The Hall–Kier alpha value is -1.33. The van der Waals surface area contributed by atoms with Crippen molar-refractivity contribution in [3.8, 4) is 0 Å². The van der Waals surface area contributed by atoms with Gasteiger partial charge in [0.2, 0.25) is 5.91 Å². The molecule has 1 amide bonds. The van der Waals surface area contributed by atoms with E-state index in [1.54, 1.807) is 0 Å². The highest BCUT2D eigenvalue weighted by Crippen LogP contribution is 1.81. The second kappa shape index (κ2) is 4.54. The number of carbonyl (C=O) groups is 1. The second-order valence-electron chi connectivity index (χ2n) is 1.48. The molecule has 6 nitrogen and oxygen atoms in total. The standard InChI is InChI=1S/C4H8N2O4/c1-5-4(7)2-3-10-6(8)9/h2-3H2,1H3,(H,5,7). The van der Waals surface area contributed by atoms with E-state index in [1.165, 1.54) is 7.05 Å². The Kier molecular flexibility index (Phi) is 3.94. The van der Waals surface area contributed by atoms with E-state index in [-0.39, 0.29) is 18.9 Å². The molecule has 0 radical (unpaired) electrons. The van der Waals surface area contributed by atoms with Crippen LogP contribution in [0.3, 0.4) is 0 Å². The number of hydrogen-bond donors (Lipinski definition) is 1. The first-order valence-electron chi connectivity index (χ1n) is 2.64. The minimum atomic E-state index is -0.928. The van der Waals surface area contributed by atoms with Crippen LogP contribution in [0.1, 0.15) is 6.42 Å². The zero-order chi connectivity index (χ0) is 7.98. The van der Waals surface area contributed by atoms with Gasteiger partial charge in [0.05, 0.1) is 6.42 Å². The van der Waals surface area contributed by atoms with Crippen LogP contribution in [0.15, 0.2) is 0 Å². The summed E-state index contributed by atoms with van der Waals surface area (Å²) in [6.45, 7) is -0.188. The normalized spacial score (nSPS) is 8.50. The first-order chi connectivity index (χ1) is 4.66. The summed E-state index contributed by atoms with van der Waals surface area (Å²) in [7, 11) is 1.45.